The number of hydrogen-bond donors (Lipinski definition) is 2. The monoisotopic (exact) mass is 304 g/mol. The summed E-state index contributed by atoms with van der Waals surface area (Å²) in [6.07, 6.45) is 3.31. The van der Waals surface area contributed by atoms with Crippen LogP contribution >= 0.6 is 22.6 Å². The number of nitrogen functional groups attached to an aromatic ring is 1. The number of aromatic nitrogens is 3. The van der Waals surface area contributed by atoms with E-state index in [1.165, 1.54) is 0 Å². The van der Waals surface area contributed by atoms with E-state index in [2.05, 4.69) is 32.7 Å². The Balaban J connectivity index is 2.71. The maximum absolute atomic E-state index is 8.84. The molecule has 5 nitrogen and oxygen atoms in total. The number of pyridine rings is 1. The van der Waals surface area contributed by atoms with Gasteiger partial charge in [-0.2, -0.15) is 5.10 Å². The molecule has 2 heterocycles. The highest BCUT2D eigenvalue weighted by atomic mass is 127. The average molecular weight is 304 g/mol. The standard InChI is InChI=1S/C8H9IN4O/c9-8-7-5(10)3-11-4-6(7)13(12-8)1-2-14/h3-4,14H,1-2,10H2. The molecule has 2 aromatic heterocycles. The molecule has 3 N–H and O–H groups in total. The average Bonchev–Trinajstić information content (AvgIpc) is 2.46. The van der Waals surface area contributed by atoms with Crippen LogP contribution in [0.5, 0.6) is 0 Å². The van der Waals surface area contributed by atoms with Gasteiger partial charge in [-0.05, 0) is 22.6 Å². The summed E-state index contributed by atoms with van der Waals surface area (Å²) in [5.74, 6) is 0. The highest BCUT2D eigenvalue weighted by molar-refractivity contribution is 14.1. The van der Waals surface area contributed by atoms with Gasteiger partial charge in [0.15, 0.2) is 0 Å². The quantitative estimate of drug-likeness (QED) is 0.797. The lowest BCUT2D eigenvalue weighted by Crippen LogP contribution is -2.03. The zero-order chi connectivity index (χ0) is 10.1. The number of hydrogen-bond acceptors (Lipinski definition) is 4. The van der Waals surface area contributed by atoms with Crippen molar-refractivity contribution in [2.45, 2.75) is 6.54 Å². The van der Waals surface area contributed by atoms with E-state index < -0.39 is 0 Å². The van der Waals surface area contributed by atoms with Crippen molar-refractivity contribution in [2.75, 3.05) is 12.3 Å². The molecule has 0 radical (unpaired) electrons. The Labute approximate surface area is 94.1 Å². The molecule has 0 aliphatic rings. The number of aliphatic hydroxyl groups excluding tert-OH is 1. The van der Waals surface area contributed by atoms with Crippen molar-refractivity contribution in [3.05, 3.63) is 16.1 Å². The zero-order valence-corrected chi connectivity index (χ0v) is 9.47. The Bertz CT molecular complexity index is 468. The molecular weight excluding hydrogens is 295 g/mol. The van der Waals surface area contributed by atoms with Crippen molar-refractivity contribution in [3.8, 4) is 0 Å². The Morgan fingerprint density at radius 3 is 3.00 bits per heavy atom. The first-order chi connectivity index (χ1) is 6.74. The van der Waals surface area contributed by atoms with Crippen molar-refractivity contribution in [1.82, 2.24) is 14.8 Å². The number of nitrogens with zero attached hydrogens (tertiary/aromatic N) is 3. The van der Waals surface area contributed by atoms with Crippen molar-refractivity contribution < 1.29 is 5.11 Å². The van der Waals surface area contributed by atoms with Crippen LogP contribution in [0.2, 0.25) is 0 Å². The Morgan fingerprint density at radius 1 is 1.50 bits per heavy atom. The molecule has 14 heavy (non-hydrogen) atoms. The molecule has 0 aliphatic heterocycles. The molecule has 0 fully saturated rings. The van der Waals surface area contributed by atoms with E-state index in [9.17, 15) is 0 Å². The van der Waals surface area contributed by atoms with Crippen LogP contribution in [0, 0.1) is 3.70 Å². The summed E-state index contributed by atoms with van der Waals surface area (Å²) in [5.41, 5.74) is 7.27. The molecule has 0 saturated heterocycles. The van der Waals surface area contributed by atoms with E-state index in [1.54, 1.807) is 17.1 Å². The first kappa shape index (κ1) is 9.66. The highest BCUT2D eigenvalue weighted by Gasteiger charge is 2.10. The SMILES string of the molecule is Nc1cncc2c1c(I)nn2CCO. The van der Waals surface area contributed by atoms with Crippen molar-refractivity contribution in [1.29, 1.82) is 0 Å². The second-order valence-corrected chi connectivity index (χ2v) is 3.88. The van der Waals surface area contributed by atoms with E-state index in [1.807, 2.05) is 0 Å². The van der Waals surface area contributed by atoms with Gasteiger partial charge in [0.1, 0.15) is 3.70 Å². The molecular formula is C8H9IN4O. The normalized spacial score (nSPS) is 11.0. The largest absolute Gasteiger partial charge is 0.397 e. The second kappa shape index (κ2) is 3.70. The molecule has 0 spiro atoms. The number of rotatable bonds is 2. The highest BCUT2D eigenvalue weighted by Crippen LogP contribution is 2.24. The Morgan fingerprint density at radius 2 is 2.29 bits per heavy atom. The fraction of sp³-hybridized carbons (Fsp3) is 0.250. The minimum absolute atomic E-state index is 0.0572. The first-order valence-corrected chi connectivity index (χ1v) is 5.18. The van der Waals surface area contributed by atoms with E-state index in [-0.39, 0.29) is 6.61 Å². The predicted molar refractivity (Wildman–Crippen MR) is 61.7 cm³/mol. The topological polar surface area (TPSA) is 77.0 Å². The summed E-state index contributed by atoms with van der Waals surface area (Å²) in [4.78, 5) is 4.00. The summed E-state index contributed by atoms with van der Waals surface area (Å²) < 4.78 is 2.55. The summed E-state index contributed by atoms with van der Waals surface area (Å²) in [7, 11) is 0. The van der Waals surface area contributed by atoms with Crippen LogP contribution in [0.25, 0.3) is 10.9 Å². The van der Waals surface area contributed by atoms with Crippen molar-refractivity contribution in [2.24, 2.45) is 0 Å². The lowest BCUT2D eigenvalue weighted by molar-refractivity contribution is 0.271. The lowest BCUT2D eigenvalue weighted by Gasteiger charge is -1.99. The van der Waals surface area contributed by atoms with Crippen LogP contribution in [0.3, 0.4) is 0 Å². The van der Waals surface area contributed by atoms with Crippen LogP contribution in [-0.4, -0.2) is 26.5 Å². The molecule has 0 bridgehead atoms. The molecule has 0 atom stereocenters. The number of aliphatic hydroxyl groups is 1. The van der Waals surface area contributed by atoms with E-state index in [0.29, 0.717) is 12.2 Å². The van der Waals surface area contributed by atoms with E-state index in [4.69, 9.17) is 10.8 Å². The maximum atomic E-state index is 8.84. The van der Waals surface area contributed by atoms with Gasteiger partial charge < -0.3 is 10.8 Å². The van der Waals surface area contributed by atoms with Gasteiger partial charge in [-0.3, -0.25) is 9.67 Å². The number of anilines is 1. The van der Waals surface area contributed by atoms with Gasteiger partial charge in [-0.1, -0.05) is 0 Å². The molecule has 0 saturated carbocycles. The molecule has 74 valence electrons. The Kier molecular flexibility index (Phi) is 2.55. The van der Waals surface area contributed by atoms with Crippen LogP contribution in [0.15, 0.2) is 12.4 Å². The molecule has 0 amide bonds. The van der Waals surface area contributed by atoms with Gasteiger partial charge >= 0.3 is 0 Å². The summed E-state index contributed by atoms with van der Waals surface area (Å²) in [6.45, 7) is 0.520. The molecule has 2 aromatic rings. The second-order valence-electron chi connectivity index (χ2n) is 2.86. The Hall–Kier alpha value is -0.890. The zero-order valence-electron chi connectivity index (χ0n) is 7.31. The van der Waals surface area contributed by atoms with E-state index >= 15 is 0 Å². The van der Waals surface area contributed by atoms with Crippen LogP contribution in [0.1, 0.15) is 0 Å². The fourth-order valence-corrected chi connectivity index (χ4v) is 2.21. The number of fused-ring (bicyclic) bond motifs is 1. The van der Waals surface area contributed by atoms with Gasteiger partial charge in [-0.15, -0.1) is 0 Å². The third-order valence-corrected chi connectivity index (χ3v) is 2.72. The number of halogens is 1. The van der Waals surface area contributed by atoms with Crippen LogP contribution in [-0.2, 0) is 6.54 Å². The molecule has 2 rings (SSSR count). The van der Waals surface area contributed by atoms with Gasteiger partial charge in [0.05, 0.1) is 42.1 Å². The van der Waals surface area contributed by atoms with Gasteiger partial charge in [0.25, 0.3) is 0 Å². The summed E-state index contributed by atoms with van der Waals surface area (Å²) in [5, 5.41) is 14.0. The minimum atomic E-state index is 0.0572. The molecule has 6 heteroatoms. The predicted octanol–water partition coefficient (Wildman–Crippen LogP) is 0.610. The van der Waals surface area contributed by atoms with E-state index in [0.717, 1.165) is 14.6 Å². The smallest absolute Gasteiger partial charge is 0.133 e. The minimum Gasteiger partial charge on any atom is -0.397 e. The number of nitrogens with two attached hydrogens (primary N) is 1. The van der Waals surface area contributed by atoms with Gasteiger partial charge in [-0.25, -0.2) is 0 Å². The lowest BCUT2D eigenvalue weighted by atomic mass is 10.3. The van der Waals surface area contributed by atoms with Crippen LogP contribution < -0.4 is 5.73 Å². The van der Waals surface area contributed by atoms with Gasteiger partial charge in [0.2, 0.25) is 0 Å². The summed E-state index contributed by atoms with van der Waals surface area (Å²) in [6, 6.07) is 0. The van der Waals surface area contributed by atoms with Crippen molar-refractivity contribution >= 4 is 39.2 Å². The maximum Gasteiger partial charge on any atom is 0.133 e. The first-order valence-electron chi connectivity index (χ1n) is 4.10. The molecule has 0 aromatic carbocycles. The molecule has 0 unspecified atom stereocenters. The fourth-order valence-electron chi connectivity index (χ4n) is 1.36. The third kappa shape index (κ3) is 1.44. The van der Waals surface area contributed by atoms with Crippen molar-refractivity contribution in [3.63, 3.8) is 0 Å². The molecule has 0 aliphatic carbocycles. The third-order valence-electron chi connectivity index (χ3n) is 1.96. The van der Waals surface area contributed by atoms with Gasteiger partial charge in [0, 0.05) is 0 Å². The van der Waals surface area contributed by atoms with Crippen LogP contribution in [0.4, 0.5) is 5.69 Å². The summed E-state index contributed by atoms with van der Waals surface area (Å²) >= 11 is 2.12.